The summed E-state index contributed by atoms with van der Waals surface area (Å²) in [4.78, 5) is 29.6. The Morgan fingerprint density at radius 3 is 2.11 bits per heavy atom. The quantitative estimate of drug-likeness (QED) is 0.176. The second kappa shape index (κ2) is 16.0. The number of benzene rings is 4. The van der Waals surface area contributed by atoms with Crippen LogP contribution >= 0.6 is 0 Å². The van der Waals surface area contributed by atoms with E-state index in [1.165, 1.54) is 23.1 Å². The molecule has 1 atom stereocenters. The summed E-state index contributed by atoms with van der Waals surface area (Å²) in [7, 11) is -4.30. The van der Waals surface area contributed by atoms with Crippen molar-refractivity contribution >= 4 is 27.5 Å². The number of hydrogen-bond donors (Lipinski definition) is 1. The van der Waals surface area contributed by atoms with Crippen LogP contribution < -0.4 is 14.4 Å². The summed E-state index contributed by atoms with van der Waals surface area (Å²) in [5.74, 6) is -1.24. The van der Waals surface area contributed by atoms with Crippen molar-refractivity contribution in [2.24, 2.45) is 5.92 Å². The first kappa shape index (κ1) is 34.2. The lowest BCUT2D eigenvalue weighted by Gasteiger charge is -2.34. The minimum Gasteiger partial charge on any atom is -0.492 e. The molecule has 0 aliphatic carbocycles. The summed E-state index contributed by atoms with van der Waals surface area (Å²) < 4.78 is 50.2. The number of anilines is 1. The molecular formula is C36H40FN3O5S. The van der Waals surface area contributed by atoms with Gasteiger partial charge in [-0.1, -0.05) is 92.7 Å². The van der Waals surface area contributed by atoms with Gasteiger partial charge < -0.3 is 15.0 Å². The Morgan fingerprint density at radius 2 is 1.46 bits per heavy atom. The Kier molecular flexibility index (Phi) is 11.9. The van der Waals surface area contributed by atoms with Crippen molar-refractivity contribution in [3.05, 3.63) is 126 Å². The Bertz CT molecular complexity index is 1700. The summed E-state index contributed by atoms with van der Waals surface area (Å²) in [6.07, 6.45) is 0.131. The molecule has 0 spiro atoms. The summed E-state index contributed by atoms with van der Waals surface area (Å²) in [5.41, 5.74) is 1.14. The van der Waals surface area contributed by atoms with Crippen LogP contribution in [-0.2, 0) is 32.6 Å². The maximum Gasteiger partial charge on any atom is 0.264 e. The third-order valence-corrected chi connectivity index (χ3v) is 9.07. The number of sulfonamides is 1. The molecule has 4 rings (SSSR count). The van der Waals surface area contributed by atoms with Crippen LogP contribution in [0.5, 0.6) is 5.75 Å². The second-order valence-corrected chi connectivity index (χ2v) is 13.0. The van der Waals surface area contributed by atoms with E-state index in [1.54, 1.807) is 67.6 Å². The molecule has 0 aliphatic rings. The van der Waals surface area contributed by atoms with Crippen molar-refractivity contribution in [1.29, 1.82) is 0 Å². The monoisotopic (exact) mass is 645 g/mol. The Labute approximate surface area is 270 Å². The highest BCUT2D eigenvalue weighted by atomic mass is 32.2. The number of para-hydroxylation sites is 2. The highest BCUT2D eigenvalue weighted by Gasteiger charge is 2.35. The van der Waals surface area contributed by atoms with Crippen LogP contribution in [0.25, 0.3) is 0 Å². The van der Waals surface area contributed by atoms with Gasteiger partial charge in [-0.3, -0.25) is 13.9 Å². The molecule has 10 heteroatoms. The van der Waals surface area contributed by atoms with Gasteiger partial charge in [-0.2, -0.15) is 0 Å². The van der Waals surface area contributed by atoms with Crippen LogP contribution in [0.4, 0.5) is 10.1 Å². The molecule has 0 saturated heterocycles. The van der Waals surface area contributed by atoms with Gasteiger partial charge in [-0.05, 0) is 48.7 Å². The van der Waals surface area contributed by atoms with Crippen molar-refractivity contribution in [3.63, 3.8) is 0 Å². The van der Waals surface area contributed by atoms with Gasteiger partial charge in [0.15, 0.2) is 0 Å². The maximum absolute atomic E-state index is 15.1. The Hall–Kier alpha value is -4.70. The average Bonchev–Trinajstić information content (AvgIpc) is 3.06. The molecule has 0 aromatic heterocycles. The van der Waals surface area contributed by atoms with Gasteiger partial charge in [-0.15, -0.1) is 0 Å². The molecule has 4 aromatic carbocycles. The lowest BCUT2D eigenvalue weighted by atomic mass is 10.0. The van der Waals surface area contributed by atoms with Crippen molar-refractivity contribution in [1.82, 2.24) is 10.2 Å². The van der Waals surface area contributed by atoms with E-state index in [1.807, 2.05) is 44.2 Å². The topological polar surface area (TPSA) is 96.0 Å². The van der Waals surface area contributed by atoms with E-state index in [4.69, 9.17) is 4.74 Å². The van der Waals surface area contributed by atoms with Gasteiger partial charge >= 0.3 is 0 Å². The van der Waals surface area contributed by atoms with Crippen LogP contribution in [0, 0.1) is 11.7 Å². The van der Waals surface area contributed by atoms with Gasteiger partial charge in [0.25, 0.3) is 10.0 Å². The lowest BCUT2D eigenvalue weighted by Crippen LogP contribution is -2.53. The zero-order chi connectivity index (χ0) is 33.1. The number of hydrogen-bond acceptors (Lipinski definition) is 5. The number of nitrogens with zero attached hydrogens (tertiary/aromatic N) is 2. The van der Waals surface area contributed by atoms with E-state index in [2.05, 4.69) is 5.32 Å². The van der Waals surface area contributed by atoms with E-state index < -0.39 is 40.2 Å². The summed E-state index contributed by atoms with van der Waals surface area (Å²) >= 11 is 0. The van der Waals surface area contributed by atoms with E-state index in [0.29, 0.717) is 6.54 Å². The molecule has 1 unspecified atom stereocenters. The third-order valence-electron chi connectivity index (χ3n) is 7.30. The third kappa shape index (κ3) is 8.72. The largest absolute Gasteiger partial charge is 0.492 e. The van der Waals surface area contributed by atoms with Crippen molar-refractivity contribution in [3.8, 4) is 5.75 Å². The van der Waals surface area contributed by atoms with E-state index in [-0.39, 0.29) is 47.4 Å². The van der Waals surface area contributed by atoms with Crippen LogP contribution in [0.1, 0.15) is 31.9 Å². The molecule has 0 bridgehead atoms. The molecule has 4 aromatic rings. The smallest absolute Gasteiger partial charge is 0.264 e. The standard InChI is InChI=1S/C36H40FN3O5S/c1-4-45-34-22-14-13-21-32(34)40(46(43,44)30-18-9-6-10-19-30)26-35(41)39(25-29-17-11-12-20-31(29)37)33(36(42)38-24-27(2)3)23-28-15-7-5-8-16-28/h5-22,27,33H,4,23-26H2,1-3H3,(H,38,42). The van der Waals surface area contributed by atoms with Crippen molar-refractivity contribution in [2.75, 3.05) is 24.0 Å². The molecule has 242 valence electrons. The number of amides is 2. The zero-order valence-electron chi connectivity index (χ0n) is 26.3. The van der Waals surface area contributed by atoms with Gasteiger partial charge in [0.05, 0.1) is 17.2 Å². The molecule has 0 radical (unpaired) electrons. The van der Waals surface area contributed by atoms with Crippen LogP contribution in [0.2, 0.25) is 0 Å². The molecule has 0 fully saturated rings. The van der Waals surface area contributed by atoms with E-state index in [0.717, 1.165) is 9.87 Å². The molecular weight excluding hydrogens is 605 g/mol. The Morgan fingerprint density at radius 1 is 0.848 bits per heavy atom. The molecule has 0 aliphatic heterocycles. The molecule has 0 heterocycles. The fraction of sp³-hybridized carbons (Fsp3) is 0.278. The number of carbonyl (C=O) groups excluding carboxylic acids is 2. The summed E-state index contributed by atoms with van der Waals surface area (Å²) in [6.45, 7) is 5.38. The van der Waals surface area contributed by atoms with Crippen LogP contribution in [0.15, 0.2) is 114 Å². The first-order chi connectivity index (χ1) is 22.1. The molecule has 2 amide bonds. The van der Waals surface area contributed by atoms with Crippen molar-refractivity contribution in [2.45, 2.75) is 44.7 Å². The number of ether oxygens (including phenoxy) is 1. The maximum atomic E-state index is 15.1. The van der Waals surface area contributed by atoms with Gasteiger partial charge in [-0.25, -0.2) is 12.8 Å². The van der Waals surface area contributed by atoms with Crippen LogP contribution in [-0.4, -0.2) is 50.9 Å². The number of nitrogens with one attached hydrogen (secondary N) is 1. The number of carbonyl (C=O) groups is 2. The summed E-state index contributed by atoms with van der Waals surface area (Å²) in [5, 5.41) is 2.93. The first-order valence-electron chi connectivity index (χ1n) is 15.3. The fourth-order valence-corrected chi connectivity index (χ4v) is 6.41. The van der Waals surface area contributed by atoms with Gasteiger partial charge in [0.2, 0.25) is 11.8 Å². The average molecular weight is 646 g/mol. The minimum absolute atomic E-state index is 0.0229. The lowest BCUT2D eigenvalue weighted by molar-refractivity contribution is -0.140. The van der Waals surface area contributed by atoms with Gasteiger partial charge in [0, 0.05) is 25.1 Å². The zero-order valence-corrected chi connectivity index (χ0v) is 27.1. The normalized spacial score (nSPS) is 11.9. The molecule has 0 saturated carbocycles. The van der Waals surface area contributed by atoms with Crippen LogP contribution in [0.3, 0.4) is 0 Å². The summed E-state index contributed by atoms with van der Waals surface area (Å²) in [6, 6.07) is 28.5. The SMILES string of the molecule is CCOc1ccccc1N(CC(=O)N(Cc1ccccc1F)C(Cc1ccccc1)C(=O)NCC(C)C)S(=O)(=O)c1ccccc1. The number of rotatable bonds is 15. The highest BCUT2D eigenvalue weighted by Crippen LogP contribution is 2.33. The fourth-order valence-electron chi connectivity index (χ4n) is 4.96. The van der Waals surface area contributed by atoms with Gasteiger partial charge in [0.1, 0.15) is 24.2 Å². The second-order valence-electron chi connectivity index (χ2n) is 11.2. The first-order valence-corrected chi connectivity index (χ1v) is 16.7. The highest BCUT2D eigenvalue weighted by molar-refractivity contribution is 7.92. The Balaban J connectivity index is 1.83. The van der Waals surface area contributed by atoms with E-state index in [9.17, 15) is 18.0 Å². The predicted octanol–water partition coefficient (Wildman–Crippen LogP) is 5.83. The van der Waals surface area contributed by atoms with E-state index >= 15 is 4.39 Å². The minimum atomic E-state index is -4.30. The molecule has 46 heavy (non-hydrogen) atoms. The van der Waals surface area contributed by atoms with Crippen molar-refractivity contribution < 1.29 is 27.1 Å². The molecule has 8 nitrogen and oxygen atoms in total. The predicted molar refractivity (Wildman–Crippen MR) is 177 cm³/mol. The molecule has 1 N–H and O–H groups in total. The number of halogens is 1.